The first-order valence-corrected chi connectivity index (χ1v) is 6.22. The highest BCUT2D eigenvalue weighted by Gasteiger charge is 2.13. The second kappa shape index (κ2) is 3.87. The first-order chi connectivity index (χ1) is 9.29. The van der Waals surface area contributed by atoms with Gasteiger partial charge in [-0.2, -0.15) is 0 Å². The third-order valence-electron chi connectivity index (χ3n) is 2.98. The van der Waals surface area contributed by atoms with Crippen molar-refractivity contribution in [2.75, 3.05) is 0 Å². The molecule has 0 radical (unpaired) electrons. The van der Waals surface area contributed by atoms with Gasteiger partial charge >= 0.3 is 0 Å². The predicted octanol–water partition coefficient (Wildman–Crippen LogP) is 4.89. The Balaban J connectivity index is 1.93. The minimum Gasteiger partial charge on any atom is -0.451 e. The molecule has 2 aromatic carbocycles. The van der Waals surface area contributed by atoms with Crippen LogP contribution >= 0.6 is 11.6 Å². The molecule has 4 heteroatoms. The van der Waals surface area contributed by atoms with Gasteiger partial charge in [-0.05, 0) is 36.4 Å². The fourth-order valence-electron chi connectivity index (χ4n) is 2.10. The quantitative estimate of drug-likeness (QED) is 0.494. The van der Waals surface area contributed by atoms with Crippen LogP contribution in [0.2, 0.25) is 5.02 Å². The van der Waals surface area contributed by atoms with Gasteiger partial charge in [-0.15, -0.1) is 0 Å². The standard InChI is InChI=1S/C15H8ClNO2/c16-10-5-6-12-9(7-10)8-14(18-12)15-17-11-3-1-2-4-13(11)19-15/h1-8H. The number of para-hydroxylation sites is 2. The third-order valence-corrected chi connectivity index (χ3v) is 3.22. The highest BCUT2D eigenvalue weighted by Crippen LogP contribution is 2.30. The van der Waals surface area contributed by atoms with Crippen LogP contribution < -0.4 is 0 Å². The van der Waals surface area contributed by atoms with Crippen molar-refractivity contribution in [1.29, 1.82) is 0 Å². The normalized spacial score (nSPS) is 11.4. The Labute approximate surface area is 113 Å². The lowest BCUT2D eigenvalue weighted by Crippen LogP contribution is -1.70. The number of rotatable bonds is 1. The van der Waals surface area contributed by atoms with Gasteiger partial charge in [0, 0.05) is 10.4 Å². The first-order valence-electron chi connectivity index (χ1n) is 5.85. The van der Waals surface area contributed by atoms with Crippen LogP contribution in [0.15, 0.2) is 57.4 Å². The van der Waals surface area contributed by atoms with Crippen LogP contribution in [0.1, 0.15) is 0 Å². The molecule has 0 N–H and O–H groups in total. The second-order valence-corrected chi connectivity index (χ2v) is 4.72. The molecule has 4 aromatic rings. The zero-order valence-corrected chi connectivity index (χ0v) is 10.5. The van der Waals surface area contributed by atoms with Crippen molar-refractivity contribution in [3.05, 3.63) is 53.6 Å². The summed E-state index contributed by atoms with van der Waals surface area (Å²) >= 11 is 5.96. The maximum atomic E-state index is 5.96. The number of oxazole rings is 1. The molecule has 92 valence electrons. The predicted molar refractivity (Wildman–Crippen MR) is 74.2 cm³/mol. The molecule has 0 aliphatic carbocycles. The second-order valence-electron chi connectivity index (χ2n) is 4.28. The van der Waals surface area contributed by atoms with E-state index in [2.05, 4.69) is 4.98 Å². The number of furan rings is 1. The van der Waals surface area contributed by atoms with Gasteiger partial charge < -0.3 is 8.83 Å². The minimum atomic E-state index is 0.480. The van der Waals surface area contributed by atoms with Crippen molar-refractivity contribution >= 4 is 33.7 Å². The zero-order chi connectivity index (χ0) is 12.8. The molecular weight excluding hydrogens is 262 g/mol. The van der Waals surface area contributed by atoms with Crippen LogP contribution in [-0.2, 0) is 0 Å². The van der Waals surface area contributed by atoms with Gasteiger partial charge in [0.15, 0.2) is 11.3 Å². The monoisotopic (exact) mass is 269 g/mol. The average Bonchev–Trinajstić information content (AvgIpc) is 3.00. The van der Waals surface area contributed by atoms with Gasteiger partial charge in [0.2, 0.25) is 0 Å². The summed E-state index contributed by atoms with van der Waals surface area (Å²) in [7, 11) is 0. The summed E-state index contributed by atoms with van der Waals surface area (Å²) in [5.41, 5.74) is 2.33. The first kappa shape index (κ1) is 10.6. The van der Waals surface area contributed by atoms with Gasteiger partial charge in [0.1, 0.15) is 11.1 Å². The number of halogens is 1. The third kappa shape index (κ3) is 1.71. The summed E-state index contributed by atoms with van der Waals surface area (Å²) in [5.74, 6) is 1.09. The van der Waals surface area contributed by atoms with Crippen molar-refractivity contribution in [3.8, 4) is 11.7 Å². The Kier molecular flexibility index (Phi) is 2.17. The molecule has 0 amide bonds. The van der Waals surface area contributed by atoms with Crippen LogP contribution in [0.4, 0.5) is 0 Å². The average molecular weight is 270 g/mol. The molecule has 0 atom stereocenters. The number of aromatic nitrogens is 1. The van der Waals surface area contributed by atoms with Crippen LogP contribution in [0, 0.1) is 0 Å². The summed E-state index contributed by atoms with van der Waals surface area (Å²) in [6.45, 7) is 0. The fourth-order valence-corrected chi connectivity index (χ4v) is 2.28. The highest BCUT2D eigenvalue weighted by atomic mass is 35.5. The summed E-state index contributed by atoms with van der Waals surface area (Å²) in [6, 6.07) is 15.0. The highest BCUT2D eigenvalue weighted by molar-refractivity contribution is 6.31. The molecule has 2 aromatic heterocycles. The fraction of sp³-hybridized carbons (Fsp3) is 0. The Morgan fingerprint density at radius 3 is 2.68 bits per heavy atom. The number of fused-ring (bicyclic) bond motifs is 2. The lowest BCUT2D eigenvalue weighted by atomic mass is 10.2. The van der Waals surface area contributed by atoms with E-state index in [0.29, 0.717) is 16.7 Å². The number of hydrogen-bond acceptors (Lipinski definition) is 3. The van der Waals surface area contributed by atoms with Crippen molar-refractivity contribution < 1.29 is 8.83 Å². The van der Waals surface area contributed by atoms with Crippen molar-refractivity contribution in [2.24, 2.45) is 0 Å². The summed E-state index contributed by atoms with van der Waals surface area (Å²) < 4.78 is 11.4. The van der Waals surface area contributed by atoms with Gasteiger partial charge in [-0.3, -0.25) is 0 Å². The van der Waals surface area contributed by atoms with Crippen LogP contribution in [0.3, 0.4) is 0 Å². The van der Waals surface area contributed by atoms with Gasteiger partial charge in [0.25, 0.3) is 5.89 Å². The summed E-state index contributed by atoms with van der Waals surface area (Å²) in [6.07, 6.45) is 0. The Morgan fingerprint density at radius 2 is 1.79 bits per heavy atom. The molecule has 2 heterocycles. The molecule has 0 spiro atoms. The molecule has 0 fully saturated rings. The number of nitrogens with zero attached hydrogens (tertiary/aromatic N) is 1. The van der Waals surface area contributed by atoms with Crippen molar-refractivity contribution in [1.82, 2.24) is 4.98 Å². The molecule has 0 saturated carbocycles. The minimum absolute atomic E-state index is 0.480. The molecule has 0 saturated heterocycles. The maximum absolute atomic E-state index is 5.96. The van der Waals surface area contributed by atoms with Gasteiger partial charge in [-0.1, -0.05) is 23.7 Å². The van der Waals surface area contributed by atoms with E-state index in [4.69, 9.17) is 20.4 Å². The molecule has 0 unspecified atom stereocenters. The van der Waals surface area contributed by atoms with Gasteiger partial charge in [0.05, 0.1) is 0 Å². The molecule has 19 heavy (non-hydrogen) atoms. The van der Waals surface area contributed by atoms with E-state index >= 15 is 0 Å². The topological polar surface area (TPSA) is 39.2 Å². The van der Waals surface area contributed by atoms with E-state index < -0.39 is 0 Å². The molecule has 0 aliphatic rings. The molecule has 0 bridgehead atoms. The van der Waals surface area contributed by atoms with E-state index in [9.17, 15) is 0 Å². The Morgan fingerprint density at radius 1 is 0.895 bits per heavy atom. The Hall–Kier alpha value is -2.26. The van der Waals surface area contributed by atoms with E-state index in [1.165, 1.54) is 0 Å². The lowest BCUT2D eigenvalue weighted by molar-refractivity contribution is 0.559. The smallest absolute Gasteiger partial charge is 0.263 e. The van der Waals surface area contributed by atoms with E-state index in [1.807, 2.05) is 42.5 Å². The van der Waals surface area contributed by atoms with E-state index in [0.717, 1.165) is 22.1 Å². The van der Waals surface area contributed by atoms with Crippen LogP contribution in [-0.4, -0.2) is 4.98 Å². The molecule has 3 nitrogen and oxygen atoms in total. The number of hydrogen-bond donors (Lipinski definition) is 0. The summed E-state index contributed by atoms with van der Waals surface area (Å²) in [4.78, 5) is 4.41. The lowest BCUT2D eigenvalue weighted by Gasteiger charge is -1.87. The molecule has 4 rings (SSSR count). The van der Waals surface area contributed by atoms with Crippen LogP contribution in [0.5, 0.6) is 0 Å². The maximum Gasteiger partial charge on any atom is 0.263 e. The zero-order valence-electron chi connectivity index (χ0n) is 9.76. The largest absolute Gasteiger partial charge is 0.451 e. The SMILES string of the molecule is Clc1ccc2oc(-c3nc4ccccc4o3)cc2c1. The van der Waals surface area contributed by atoms with E-state index in [1.54, 1.807) is 6.07 Å². The van der Waals surface area contributed by atoms with Crippen LogP contribution in [0.25, 0.3) is 33.7 Å². The summed E-state index contributed by atoms with van der Waals surface area (Å²) in [5, 5.41) is 1.61. The van der Waals surface area contributed by atoms with Crippen molar-refractivity contribution in [3.63, 3.8) is 0 Å². The Bertz CT molecular complexity index is 858. The van der Waals surface area contributed by atoms with Gasteiger partial charge in [-0.25, -0.2) is 4.98 Å². The molecular formula is C15H8ClNO2. The van der Waals surface area contributed by atoms with Crippen molar-refractivity contribution in [2.45, 2.75) is 0 Å². The number of benzene rings is 2. The van der Waals surface area contributed by atoms with E-state index in [-0.39, 0.29) is 0 Å². The molecule has 0 aliphatic heterocycles.